The Hall–Kier alpha value is -1.30. The van der Waals surface area contributed by atoms with Gasteiger partial charge in [-0.1, -0.05) is 29.3 Å². The van der Waals surface area contributed by atoms with E-state index in [0.717, 1.165) is 29.0 Å². The van der Waals surface area contributed by atoms with Crippen LogP contribution >= 0.6 is 34.5 Å². The maximum Gasteiger partial charge on any atom is 0.263 e. The van der Waals surface area contributed by atoms with E-state index in [4.69, 9.17) is 27.9 Å². The van der Waals surface area contributed by atoms with E-state index in [1.165, 1.54) is 11.3 Å². The summed E-state index contributed by atoms with van der Waals surface area (Å²) >= 11 is 13.6. The van der Waals surface area contributed by atoms with Crippen molar-refractivity contribution in [3.63, 3.8) is 0 Å². The summed E-state index contributed by atoms with van der Waals surface area (Å²) < 4.78 is 5.63. The molecule has 4 nitrogen and oxygen atoms in total. The molecule has 0 spiro atoms. The standard InChI is InChI=1S/C16H14Cl2N2O2S/c17-10-4-3-9-11(5-6-22-14(9)12(10)18)20-16(21)15-13(8-1-2-8)19-7-23-15/h3-4,7-8,11H,1-2,5-6H2,(H,20,21)/t11-/m0/s1. The number of thiazole rings is 1. The summed E-state index contributed by atoms with van der Waals surface area (Å²) in [6.45, 7) is 0.496. The predicted octanol–water partition coefficient (Wildman–Crippen LogP) is 4.58. The number of amides is 1. The molecular formula is C16H14Cl2N2O2S. The van der Waals surface area contributed by atoms with Crippen molar-refractivity contribution in [1.29, 1.82) is 0 Å². The van der Waals surface area contributed by atoms with Crippen molar-refractivity contribution >= 4 is 40.4 Å². The van der Waals surface area contributed by atoms with E-state index < -0.39 is 0 Å². The first-order valence-electron chi connectivity index (χ1n) is 7.50. The fourth-order valence-electron chi connectivity index (χ4n) is 2.85. The Bertz CT molecular complexity index is 773. The quantitative estimate of drug-likeness (QED) is 0.862. The molecule has 23 heavy (non-hydrogen) atoms. The van der Waals surface area contributed by atoms with E-state index >= 15 is 0 Å². The highest BCUT2D eigenvalue weighted by atomic mass is 35.5. The van der Waals surface area contributed by atoms with Crippen molar-refractivity contribution < 1.29 is 9.53 Å². The zero-order valence-corrected chi connectivity index (χ0v) is 14.5. The second kappa shape index (κ2) is 5.96. The van der Waals surface area contributed by atoms with E-state index in [2.05, 4.69) is 10.3 Å². The number of carbonyl (C=O) groups excluding carboxylic acids is 1. The number of ether oxygens (including phenoxy) is 1. The summed E-state index contributed by atoms with van der Waals surface area (Å²) in [5.74, 6) is 0.956. The maximum atomic E-state index is 12.6. The van der Waals surface area contributed by atoms with Gasteiger partial charge in [-0.25, -0.2) is 4.98 Å². The van der Waals surface area contributed by atoms with E-state index in [9.17, 15) is 4.79 Å². The van der Waals surface area contributed by atoms with Crippen molar-refractivity contribution in [2.24, 2.45) is 0 Å². The fraction of sp³-hybridized carbons (Fsp3) is 0.375. The molecule has 0 unspecified atom stereocenters. The van der Waals surface area contributed by atoms with Crippen molar-refractivity contribution in [3.8, 4) is 5.75 Å². The average Bonchev–Trinajstić information content (AvgIpc) is 3.28. The molecule has 1 aliphatic carbocycles. The van der Waals surface area contributed by atoms with Crippen molar-refractivity contribution in [2.45, 2.75) is 31.2 Å². The number of fused-ring (bicyclic) bond motifs is 1. The first-order chi connectivity index (χ1) is 11.1. The number of rotatable bonds is 3. The Morgan fingerprint density at radius 3 is 2.91 bits per heavy atom. The molecule has 1 fully saturated rings. The molecule has 0 saturated heterocycles. The molecule has 1 aromatic carbocycles. The molecule has 120 valence electrons. The summed E-state index contributed by atoms with van der Waals surface area (Å²) in [5, 5.41) is 3.95. The van der Waals surface area contributed by atoms with Crippen LogP contribution in [-0.2, 0) is 0 Å². The first-order valence-corrected chi connectivity index (χ1v) is 9.13. The Kier molecular flexibility index (Phi) is 3.95. The van der Waals surface area contributed by atoms with Gasteiger partial charge in [0, 0.05) is 17.9 Å². The van der Waals surface area contributed by atoms with E-state index in [-0.39, 0.29) is 11.9 Å². The van der Waals surface area contributed by atoms with Crippen LogP contribution in [0.5, 0.6) is 5.75 Å². The molecular weight excluding hydrogens is 355 g/mol. The lowest BCUT2D eigenvalue weighted by atomic mass is 10.0. The predicted molar refractivity (Wildman–Crippen MR) is 90.9 cm³/mol. The summed E-state index contributed by atoms with van der Waals surface area (Å²) in [6.07, 6.45) is 2.95. The Balaban J connectivity index is 1.59. The van der Waals surface area contributed by atoms with Crippen LogP contribution in [0.25, 0.3) is 0 Å². The summed E-state index contributed by atoms with van der Waals surface area (Å²) in [6, 6.07) is 3.47. The van der Waals surface area contributed by atoms with E-state index in [1.807, 2.05) is 6.07 Å². The van der Waals surface area contributed by atoms with Crippen molar-refractivity contribution in [3.05, 3.63) is 43.8 Å². The van der Waals surface area contributed by atoms with Crippen LogP contribution in [0.2, 0.25) is 10.0 Å². The number of aromatic nitrogens is 1. The van der Waals surface area contributed by atoms with Gasteiger partial charge in [0.05, 0.1) is 28.9 Å². The number of hydrogen-bond acceptors (Lipinski definition) is 4. The molecule has 4 rings (SSSR count). The largest absolute Gasteiger partial charge is 0.492 e. The molecule has 1 aromatic heterocycles. The Morgan fingerprint density at radius 1 is 1.30 bits per heavy atom. The Labute approximate surface area is 147 Å². The Morgan fingerprint density at radius 2 is 2.13 bits per heavy atom. The zero-order valence-electron chi connectivity index (χ0n) is 12.1. The third kappa shape index (κ3) is 2.82. The van der Waals surface area contributed by atoms with Crippen LogP contribution in [0.15, 0.2) is 17.6 Å². The SMILES string of the molecule is O=C(N[C@H]1CCOc2c1ccc(Cl)c2Cl)c1scnc1C1CC1. The lowest BCUT2D eigenvalue weighted by Gasteiger charge is -2.27. The van der Waals surface area contributed by atoms with Gasteiger partial charge in [-0.2, -0.15) is 0 Å². The van der Waals surface area contributed by atoms with Gasteiger partial charge in [0.2, 0.25) is 0 Å². The second-order valence-electron chi connectivity index (χ2n) is 5.78. The molecule has 2 heterocycles. The smallest absolute Gasteiger partial charge is 0.263 e. The van der Waals surface area contributed by atoms with Crippen LogP contribution in [-0.4, -0.2) is 17.5 Å². The molecule has 0 bridgehead atoms. The fourth-order valence-corrected chi connectivity index (χ4v) is 4.00. The van der Waals surface area contributed by atoms with Gasteiger partial charge in [-0.05, 0) is 18.9 Å². The monoisotopic (exact) mass is 368 g/mol. The summed E-state index contributed by atoms with van der Waals surface area (Å²) in [7, 11) is 0. The minimum atomic E-state index is -0.129. The van der Waals surface area contributed by atoms with Gasteiger partial charge in [0.15, 0.2) is 0 Å². The van der Waals surface area contributed by atoms with Crippen LogP contribution in [0.3, 0.4) is 0 Å². The van der Waals surface area contributed by atoms with Crippen molar-refractivity contribution in [1.82, 2.24) is 10.3 Å². The molecule has 1 amide bonds. The normalized spacial score (nSPS) is 19.8. The molecule has 7 heteroatoms. The number of benzene rings is 1. The second-order valence-corrected chi connectivity index (χ2v) is 7.42. The minimum absolute atomic E-state index is 0.0710. The number of nitrogens with one attached hydrogen (secondary N) is 1. The molecule has 1 atom stereocenters. The van der Waals surface area contributed by atoms with Crippen molar-refractivity contribution in [2.75, 3.05) is 6.61 Å². The van der Waals surface area contributed by atoms with Gasteiger partial charge in [0.25, 0.3) is 5.91 Å². The molecule has 2 aromatic rings. The van der Waals surface area contributed by atoms with Crippen LogP contribution in [0.4, 0.5) is 0 Å². The van der Waals surface area contributed by atoms with Gasteiger partial charge >= 0.3 is 0 Å². The topological polar surface area (TPSA) is 51.2 Å². The highest BCUT2D eigenvalue weighted by Crippen LogP contribution is 2.43. The number of hydrogen-bond donors (Lipinski definition) is 1. The summed E-state index contributed by atoms with van der Waals surface area (Å²) in [5.41, 5.74) is 3.56. The summed E-state index contributed by atoms with van der Waals surface area (Å²) in [4.78, 5) is 17.7. The van der Waals surface area contributed by atoms with Crippen LogP contribution in [0.1, 0.15) is 52.2 Å². The molecule has 1 N–H and O–H groups in total. The van der Waals surface area contributed by atoms with Gasteiger partial charge < -0.3 is 10.1 Å². The number of nitrogens with zero attached hydrogens (tertiary/aromatic N) is 1. The van der Waals surface area contributed by atoms with Gasteiger partial charge in [-0.3, -0.25) is 4.79 Å². The number of halogens is 2. The highest BCUT2D eigenvalue weighted by Gasteiger charge is 2.32. The van der Waals surface area contributed by atoms with Crippen LogP contribution in [0, 0.1) is 0 Å². The zero-order chi connectivity index (χ0) is 16.0. The molecule has 2 aliphatic rings. The number of carbonyl (C=O) groups is 1. The maximum absolute atomic E-state index is 12.6. The molecule has 0 radical (unpaired) electrons. The van der Waals surface area contributed by atoms with E-state index in [0.29, 0.717) is 34.7 Å². The van der Waals surface area contributed by atoms with Gasteiger partial charge in [-0.15, -0.1) is 11.3 Å². The molecule has 1 aliphatic heterocycles. The third-order valence-corrected chi connectivity index (χ3v) is 5.81. The minimum Gasteiger partial charge on any atom is -0.492 e. The van der Waals surface area contributed by atoms with E-state index in [1.54, 1.807) is 11.6 Å². The van der Waals surface area contributed by atoms with Gasteiger partial charge in [0.1, 0.15) is 15.6 Å². The molecule has 1 saturated carbocycles. The van der Waals surface area contributed by atoms with Crippen LogP contribution < -0.4 is 10.1 Å². The lowest BCUT2D eigenvalue weighted by molar-refractivity contribution is 0.0927. The average molecular weight is 369 g/mol. The lowest BCUT2D eigenvalue weighted by Crippen LogP contribution is -2.32. The third-order valence-electron chi connectivity index (χ3n) is 4.18. The highest BCUT2D eigenvalue weighted by molar-refractivity contribution is 7.11. The first kappa shape index (κ1) is 15.2.